The van der Waals surface area contributed by atoms with Crippen LogP contribution in [0.1, 0.15) is 81.6 Å². The van der Waals surface area contributed by atoms with E-state index in [0.29, 0.717) is 12.8 Å². The fraction of sp³-hybridized carbons (Fsp3) is 0.688. The molecule has 4 aliphatic rings. The van der Waals surface area contributed by atoms with Crippen LogP contribution in [-0.4, -0.2) is 50.8 Å². The van der Waals surface area contributed by atoms with Gasteiger partial charge in [-0.1, -0.05) is 32.4 Å². The summed E-state index contributed by atoms with van der Waals surface area (Å²) in [6.07, 6.45) is 6.33. The second-order valence-corrected chi connectivity index (χ2v) is 14.5. The first kappa shape index (κ1) is 30.4. The quantitative estimate of drug-likeness (QED) is 0.265. The zero-order chi connectivity index (χ0) is 30.4. The topological polar surface area (TPSA) is 144 Å². The number of Topliss-reactive ketones (excluding diaryl/α,β-unsaturated/α-hetero) is 2. The Morgan fingerprint density at radius 3 is 2.27 bits per heavy atom. The highest BCUT2D eigenvalue weighted by molar-refractivity contribution is 6.03. The van der Waals surface area contributed by atoms with Gasteiger partial charge in [0.2, 0.25) is 0 Å². The third-order valence-electron chi connectivity index (χ3n) is 11.2. The van der Waals surface area contributed by atoms with E-state index in [0.717, 1.165) is 5.57 Å². The Kier molecular flexibility index (Phi) is 6.80. The predicted octanol–water partition coefficient (Wildman–Crippen LogP) is 3.59. The van der Waals surface area contributed by atoms with Crippen LogP contribution >= 0.6 is 0 Å². The van der Waals surface area contributed by atoms with Crippen molar-refractivity contribution in [1.82, 2.24) is 0 Å². The van der Waals surface area contributed by atoms with Gasteiger partial charge in [0.05, 0.1) is 17.2 Å². The molecule has 4 aliphatic carbocycles. The van der Waals surface area contributed by atoms with E-state index in [-0.39, 0.29) is 35.5 Å². The van der Waals surface area contributed by atoms with Crippen LogP contribution in [0.5, 0.6) is 0 Å². The summed E-state index contributed by atoms with van der Waals surface area (Å²) in [4.78, 5) is 52.1. The molecule has 0 saturated heterocycles. The van der Waals surface area contributed by atoms with Crippen molar-refractivity contribution in [2.45, 2.75) is 98.9 Å². The van der Waals surface area contributed by atoms with E-state index in [1.165, 1.54) is 26.0 Å². The molecule has 4 N–H and O–H groups in total. The Labute approximate surface area is 237 Å². The Morgan fingerprint density at radius 2 is 1.70 bits per heavy atom. The second-order valence-electron chi connectivity index (χ2n) is 14.5. The maximum atomic E-state index is 14.3. The van der Waals surface area contributed by atoms with E-state index in [9.17, 15) is 29.4 Å². The molecule has 4 rings (SSSR count). The van der Waals surface area contributed by atoms with Crippen LogP contribution in [0.4, 0.5) is 0 Å². The lowest BCUT2D eigenvalue weighted by atomic mass is 9.39. The molecule has 0 unspecified atom stereocenters. The zero-order valence-corrected chi connectivity index (χ0v) is 25.3. The molecule has 0 radical (unpaired) electrons. The van der Waals surface area contributed by atoms with E-state index >= 15 is 0 Å². The number of hydrogen-bond donors (Lipinski definition) is 3. The third kappa shape index (κ3) is 4.00. The van der Waals surface area contributed by atoms with Crippen molar-refractivity contribution in [3.8, 4) is 0 Å². The molecule has 0 spiro atoms. The Balaban J connectivity index is 1.76. The lowest BCUT2D eigenvalue weighted by molar-refractivity contribution is -0.179. The molecule has 220 valence electrons. The number of hydrogen-bond acceptors (Lipinski definition) is 8. The van der Waals surface area contributed by atoms with E-state index in [2.05, 4.69) is 13.0 Å². The van der Waals surface area contributed by atoms with Crippen molar-refractivity contribution < 1.29 is 34.1 Å². The minimum absolute atomic E-state index is 0.0174. The summed E-state index contributed by atoms with van der Waals surface area (Å²) in [5.41, 5.74) is 1.04. The number of carbonyl (C=O) groups excluding carboxylic acids is 4. The molecule has 0 aromatic rings. The third-order valence-corrected chi connectivity index (χ3v) is 11.2. The summed E-state index contributed by atoms with van der Waals surface area (Å²) in [6, 6.07) is 0. The molecule has 8 nitrogen and oxygen atoms in total. The number of esters is 1. The number of ketones is 3. The summed E-state index contributed by atoms with van der Waals surface area (Å²) in [6.45, 7) is 15.6. The van der Waals surface area contributed by atoms with E-state index in [1.807, 2.05) is 27.7 Å². The van der Waals surface area contributed by atoms with Crippen LogP contribution in [0, 0.1) is 39.4 Å². The number of aliphatic hydroxyl groups excluding tert-OH is 1. The molecule has 0 amide bonds. The highest BCUT2D eigenvalue weighted by atomic mass is 16.6. The van der Waals surface area contributed by atoms with Gasteiger partial charge in [-0.3, -0.25) is 19.2 Å². The minimum atomic E-state index is -1.98. The average molecular weight is 556 g/mol. The van der Waals surface area contributed by atoms with Gasteiger partial charge in [-0.2, -0.15) is 0 Å². The number of nitrogens with two attached hydrogens (primary N) is 1. The minimum Gasteiger partial charge on any atom is -0.456 e. The van der Waals surface area contributed by atoms with Crippen molar-refractivity contribution in [2.75, 3.05) is 0 Å². The fourth-order valence-electron chi connectivity index (χ4n) is 9.04. The van der Waals surface area contributed by atoms with Crippen molar-refractivity contribution in [1.29, 1.82) is 0 Å². The smallest absolute Gasteiger partial charge is 0.303 e. The number of rotatable bonds is 5. The summed E-state index contributed by atoms with van der Waals surface area (Å²) in [5.74, 6) is -2.77. The molecule has 8 atom stereocenters. The standard InChI is InChI=1S/C32H45NO7/c1-17(34)40-27(2,3)13-12-23(36)32(9,39)25-21(35)15-29(6)22-11-10-18-19(14-20(33)26(38)28(18,4)5)31(22,8)24(37)16-30(25,29)7/h10,12-14,19,21-22,25,35,39H,11,15-16,33H2,1-9H3/b13-12+/t19-,21-,22+,25+,29+,30-,31+,32+/m1/s1. The lowest BCUT2D eigenvalue weighted by Crippen LogP contribution is -2.64. The molecule has 0 aromatic heterocycles. The van der Waals surface area contributed by atoms with E-state index in [4.69, 9.17) is 10.5 Å². The monoisotopic (exact) mass is 555 g/mol. The largest absolute Gasteiger partial charge is 0.456 e. The molecule has 0 aliphatic heterocycles. The molecule has 0 bridgehead atoms. The van der Waals surface area contributed by atoms with Crippen molar-refractivity contribution >= 4 is 23.3 Å². The Bertz CT molecular complexity index is 1270. The summed E-state index contributed by atoms with van der Waals surface area (Å²) >= 11 is 0. The van der Waals surface area contributed by atoms with Gasteiger partial charge in [0, 0.05) is 30.6 Å². The Morgan fingerprint density at radius 1 is 1.10 bits per heavy atom. The predicted molar refractivity (Wildman–Crippen MR) is 149 cm³/mol. The first-order valence-corrected chi connectivity index (χ1v) is 14.2. The molecule has 40 heavy (non-hydrogen) atoms. The van der Waals surface area contributed by atoms with Crippen LogP contribution in [0.25, 0.3) is 0 Å². The highest BCUT2D eigenvalue weighted by Gasteiger charge is 2.74. The van der Waals surface area contributed by atoms with Crippen LogP contribution in [0.2, 0.25) is 0 Å². The molecule has 0 heterocycles. The second kappa shape index (κ2) is 8.96. The maximum Gasteiger partial charge on any atom is 0.303 e. The van der Waals surface area contributed by atoms with Crippen LogP contribution in [0.15, 0.2) is 35.6 Å². The van der Waals surface area contributed by atoms with Gasteiger partial charge in [0.15, 0.2) is 11.6 Å². The SMILES string of the molecule is CC(=O)OC(C)(C)/C=C/C(=O)[C@](C)(O)[C@H]1[C@H](O)C[C@@]2(C)[C@@H]3CC=C4[C@@H](C=C(N)C(=O)C4(C)C)[C@]3(C)C(=O)C[C@]12C. The van der Waals surface area contributed by atoms with Crippen molar-refractivity contribution in [3.05, 3.63) is 35.6 Å². The molecule has 8 heteroatoms. The van der Waals surface area contributed by atoms with Crippen LogP contribution in [0.3, 0.4) is 0 Å². The van der Waals surface area contributed by atoms with Crippen molar-refractivity contribution in [2.24, 2.45) is 45.1 Å². The summed E-state index contributed by atoms with van der Waals surface area (Å²) in [7, 11) is 0. The normalized spacial score (nSPS) is 40.4. The van der Waals surface area contributed by atoms with Gasteiger partial charge in [0.1, 0.15) is 17.0 Å². The van der Waals surface area contributed by atoms with Gasteiger partial charge >= 0.3 is 5.97 Å². The summed E-state index contributed by atoms with van der Waals surface area (Å²) < 4.78 is 5.23. The van der Waals surface area contributed by atoms with Gasteiger partial charge in [0.25, 0.3) is 0 Å². The first-order valence-electron chi connectivity index (χ1n) is 14.2. The fourth-order valence-corrected chi connectivity index (χ4v) is 9.04. The average Bonchev–Trinajstić information content (AvgIpc) is 3.01. The van der Waals surface area contributed by atoms with E-state index < -0.39 is 56.6 Å². The van der Waals surface area contributed by atoms with Gasteiger partial charge < -0.3 is 20.7 Å². The molecule has 2 fully saturated rings. The van der Waals surface area contributed by atoms with Gasteiger partial charge in [-0.05, 0) is 82.4 Å². The number of allylic oxidation sites excluding steroid dienone is 4. The van der Waals surface area contributed by atoms with Crippen molar-refractivity contribution in [3.63, 3.8) is 0 Å². The number of carbonyl (C=O) groups is 4. The molecule has 0 aromatic carbocycles. The van der Waals surface area contributed by atoms with Gasteiger partial charge in [-0.15, -0.1) is 0 Å². The lowest BCUT2D eigenvalue weighted by Gasteiger charge is -2.63. The summed E-state index contributed by atoms with van der Waals surface area (Å²) in [5, 5.41) is 23.3. The maximum absolute atomic E-state index is 14.3. The number of ether oxygens (including phenoxy) is 1. The first-order chi connectivity index (χ1) is 18.1. The number of aliphatic hydroxyl groups is 2. The molecular formula is C32H45NO7. The highest BCUT2D eigenvalue weighted by Crippen LogP contribution is 2.73. The van der Waals surface area contributed by atoms with Gasteiger partial charge in [-0.25, -0.2) is 0 Å². The Hall–Kier alpha value is -2.58. The molecular weight excluding hydrogens is 510 g/mol. The zero-order valence-electron chi connectivity index (χ0n) is 25.3. The van der Waals surface area contributed by atoms with Crippen LogP contribution < -0.4 is 5.73 Å². The molecule has 2 saturated carbocycles. The van der Waals surface area contributed by atoms with E-state index in [1.54, 1.807) is 19.9 Å². The van der Waals surface area contributed by atoms with Crippen LogP contribution in [-0.2, 0) is 23.9 Å². The number of fused-ring (bicyclic) bond motifs is 5.